The average molecular weight is 217 g/mol. The number of nitrogens with zero attached hydrogens (tertiary/aromatic N) is 1. The lowest BCUT2D eigenvalue weighted by Crippen LogP contribution is -2.15. The summed E-state index contributed by atoms with van der Waals surface area (Å²) in [5.74, 6) is 0. The van der Waals surface area contributed by atoms with Crippen molar-refractivity contribution in [3.8, 4) is 0 Å². The molecule has 0 amide bonds. The molecule has 0 spiro atoms. The molecule has 0 N–H and O–H groups in total. The Kier molecular flexibility index (Phi) is 2.45. The zero-order valence-corrected chi connectivity index (χ0v) is 9.78. The van der Waals surface area contributed by atoms with Gasteiger partial charge in [0.25, 0.3) is 0 Å². The Morgan fingerprint density at radius 1 is 1.50 bits per heavy atom. The molecule has 84 valence electrons. The Morgan fingerprint density at radius 2 is 2.19 bits per heavy atom. The number of hydrogen-bond acceptors (Lipinski definition) is 3. The van der Waals surface area contributed by atoms with Gasteiger partial charge in [-0.1, -0.05) is 24.3 Å². The van der Waals surface area contributed by atoms with E-state index in [1.54, 1.807) is 6.08 Å². The van der Waals surface area contributed by atoms with E-state index in [0.29, 0.717) is 0 Å². The summed E-state index contributed by atoms with van der Waals surface area (Å²) in [6, 6.07) is 8.03. The Hall–Kier alpha value is -1.44. The third kappa shape index (κ3) is 1.92. The summed E-state index contributed by atoms with van der Waals surface area (Å²) in [5, 5.41) is 0. The van der Waals surface area contributed by atoms with Gasteiger partial charge in [0.2, 0.25) is 6.08 Å². The van der Waals surface area contributed by atoms with E-state index < -0.39 is 5.54 Å². The maximum atomic E-state index is 10.4. The Balaban J connectivity index is 2.39. The maximum Gasteiger partial charge on any atom is 0.235 e. The number of benzene rings is 1. The largest absolute Gasteiger partial charge is 0.365 e. The monoisotopic (exact) mass is 217 g/mol. The van der Waals surface area contributed by atoms with E-state index in [1.807, 2.05) is 38.1 Å². The SMILES string of the molecule is CC(C)(N=C=O)c1cccc(C2(C)CO2)c1. The molecule has 1 aliphatic rings. The summed E-state index contributed by atoms with van der Waals surface area (Å²) in [7, 11) is 0. The van der Waals surface area contributed by atoms with Crippen LogP contribution in [-0.2, 0) is 20.7 Å². The molecular formula is C13H15NO2. The molecule has 1 saturated heterocycles. The highest BCUT2D eigenvalue weighted by Gasteiger charge is 2.41. The average Bonchev–Trinajstić information content (AvgIpc) is 2.98. The first-order valence-corrected chi connectivity index (χ1v) is 5.32. The Bertz CT molecular complexity index is 455. The van der Waals surface area contributed by atoms with Crippen LogP contribution in [0.15, 0.2) is 29.3 Å². The number of aliphatic imine (C=N–C) groups is 1. The third-order valence-corrected chi connectivity index (χ3v) is 3.08. The summed E-state index contributed by atoms with van der Waals surface area (Å²) in [4.78, 5) is 14.2. The van der Waals surface area contributed by atoms with E-state index in [-0.39, 0.29) is 5.60 Å². The van der Waals surface area contributed by atoms with Crippen molar-refractivity contribution >= 4 is 6.08 Å². The Morgan fingerprint density at radius 3 is 2.75 bits per heavy atom. The number of carbonyl (C=O) groups excluding carboxylic acids is 1. The molecular weight excluding hydrogens is 202 g/mol. The summed E-state index contributed by atoms with van der Waals surface area (Å²) in [6.07, 6.45) is 1.62. The molecule has 1 atom stereocenters. The van der Waals surface area contributed by atoms with Gasteiger partial charge in [-0.25, -0.2) is 4.79 Å². The fourth-order valence-electron chi connectivity index (χ4n) is 1.68. The highest BCUT2D eigenvalue weighted by molar-refractivity contribution is 5.39. The molecule has 0 aliphatic carbocycles. The molecule has 2 rings (SSSR count). The second kappa shape index (κ2) is 3.55. The van der Waals surface area contributed by atoms with Crippen molar-refractivity contribution in [1.29, 1.82) is 0 Å². The van der Waals surface area contributed by atoms with E-state index in [1.165, 1.54) is 0 Å². The van der Waals surface area contributed by atoms with Crippen LogP contribution in [0.1, 0.15) is 31.9 Å². The van der Waals surface area contributed by atoms with Crippen molar-refractivity contribution in [3.63, 3.8) is 0 Å². The van der Waals surface area contributed by atoms with Crippen LogP contribution in [0.2, 0.25) is 0 Å². The van der Waals surface area contributed by atoms with Gasteiger partial charge in [-0.15, -0.1) is 0 Å². The van der Waals surface area contributed by atoms with Crippen LogP contribution in [0.5, 0.6) is 0 Å². The van der Waals surface area contributed by atoms with Gasteiger partial charge in [-0.05, 0) is 31.9 Å². The van der Waals surface area contributed by atoms with Crippen LogP contribution < -0.4 is 0 Å². The molecule has 16 heavy (non-hydrogen) atoms. The van der Waals surface area contributed by atoms with Gasteiger partial charge in [0, 0.05) is 0 Å². The van der Waals surface area contributed by atoms with Gasteiger partial charge in [-0.2, -0.15) is 4.99 Å². The van der Waals surface area contributed by atoms with Crippen LogP contribution in [0.25, 0.3) is 0 Å². The fraction of sp³-hybridized carbons (Fsp3) is 0.462. The molecule has 1 heterocycles. The first kappa shape index (κ1) is 11.1. The van der Waals surface area contributed by atoms with E-state index in [2.05, 4.69) is 11.9 Å². The van der Waals surface area contributed by atoms with Crippen molar-refractivity contribution in [2.24, 2.45) is 4.99 Å². The van der Waals surface area contributed by atoms with E-state index in [0.717, 1.165) is 17.7 Å². The van der Waals surface area contributed by atoms with Crippen molar-refractivity contribution < 1.29 is 9.53 Å². The molecule has 0 bridgehead atoms. The molecule has 0 aromatic heterocycles. The summed E-state index contributed by atoms with van der Waals surface area (Å²) < 4.78 is 5.40. The minimum absolute atomic E-state index is 0.142. The van der Waals surface area contributed by atoms with Crippen LogP contribution in [0, 0.1) is 0 Å². The van der Waals surface area contributed by atoms with Gasteiger partial charge in [0.05, 0.1) is 12.1 Å². The van der Waals surface area contributed by atoms with Gasteiger partial charge < -0.3 is 4.74 Å². The van der Waals surface area contributed by atoms with Crippen molar-refractivity contribution in [2.75, 3.05) is 6.61 Å². The lowest BCUT2D eigenvalue weighted by Gasteiger charge is -2.19. The number of epoxide rings is 1. The Labute approximate surface area is 95.2 Å². The molecule has 1 aromatic rings. The molecule has 0 saturated carbocycles. The summed E-state index contributed by atoms with van der Waals surface area (Å²) in [5.41, 5.74) is 1.48. The summed E-state index contributed by atoms with van der Waals surface area (Å²) in [6.45, 7) is 6.61. The predicted octanol–water partition coefficient (Wildman–Crippen LogP) is 2.50. The molecule has 1 aliphatic heterocycles. The molecule has 0 radical (unpaired) electrons. The first-order chi connectivity index (χ1) is 7.48. The quantitative estimate of drug-likeness (QED) is 0.443. The minimum Gasteiger partial charge on any atom is -0.365 e. The van der Waals surface area contributed by atoms with Crippen LogP contribution >= 0.6 is 0 Å². The molecule has 1 aromatic carbocycles. The second-order valence-corrected chi connectivity index (χ2v) is 4.86. The lowest BCUT2D eigenvalue weighted by atomic mass is 9.91. The fourth-order valence-corrected chi connectivity index (χ4v) is 1.68. The highest BCUT2D eigenvalue weighted by atomic mass is 16.6. The predicted molar refractivity (Wildman–Crippen MR) is 60.9 cm³/mol. The standard InChI is InChI=1S/C13H15NO2/c1-12(2,14-9-15)10-5-4-6-11(7-10)13(3)8-16-13/h4-7H,8H2,1-3H3. The molecule has 1 unspecified atom stereocenters. The van der Waals surface area contributed by atoms with E-state index in [9.17, 15) is 4.79 Å². The first-order valence-electron chi connectivity index (χ1n) is 5.32. The van der Waals surface area contributed by atoms with Gasteiger partial charge in [0.1, 0.15) is 5.60 Å². The molecule has 3 nitrogen and oxygen atoms in total. The minimum atomic E-state index is -0.525. The van der Waals surface area contributed by atoms with Crippen molar-refractivity contribution in [3.05, 3.63) is 35.4 Å². The van der Waals surface area contributed by atoms with E-state index in [4.69, 9.17) is 4.74 Å². The van der Waals surface area contributed by atoms with Crippen molar-refractivity contribution in [1.82, 2.24) is 0 Å². The number of isocyanates is 1. The van der Waals surface area contributed by atoms with Gasteiger partial charge in [-0.3, -0.25) is 0 Å². The molecule has 3 heteroatoms. The highest BCUT2D eigenvalue weighted by Crippen LogP contribution is 2.39. The number of ether oxygens (including phenoxy) is 1. The van der Waals surface area contributed by atoms with Crippen LogP contribution in [0.3, 0.4) is 0 Å². The normalized spacial score (nSPS) is 23.7. The zero-order valence-electron chi connectivity index (χ0n) is 9.78. The number of hydrogen-bond donors (Lipinski definition) is 0. The summed E-state index contributed by atoms with van der Waals surface area (Å²) >= 11 is 0. The maximum absolute atomic E-state index is 10.4. The second-order valence-electron chi connectivity index (χ2n) is 4.86. The lowest BCUT2D eigenvalue weighted by molar-refractivity contribution is 0.329. The van der Waals surface area contributed by atoms with Gasteiger partial charge in [0.15, 0.2) is 0 Å². The van der Waals surface area contributed by atoms with Crippen LogP contribution in [0.4, 0.5) is 0 Å². The zero-order chi connectivity index (χ0) is 11.8. The third-order valence-electron chi connectivity index (χ3n) is 3.08. The van der Waals surface area contributed by atoms with Crippen LogP contribution in [-0.4, -0.2) is 12.7 Å². The topological polar surface area (TPSA) is 42.0 Å². The smallest absolute Gasteiger partial charge is 0.235 e. The van der Waals surface area contributed by atoms with E-state index >= 15 is 0 Å². The van der Waals surface area contributed by atoms with Gasteiger partial charge >= 0.3 is 0 Å². The van der Waals surface area contributed by atoms with Crippen molar-refractivity contribution in [2.45, 2.75) is 31.9 Å². The number of rotatable bonds is 3. The molecule has 1 fully saturated rings.